The van der Waals surface area contributed by atoms with Crippen molar-refractivity contribution in [3.8, 4) is 0 Å². The third kappa shape index (κ3) is 3.11. The maximum Gasteiger partial charge on any atom is 0.241 e. The number of ether oxygens (including phenoxy) is 1. The van der Waals surface area contributed by atoms with Gasteiger partial charge in [0, 0.05) is 20.3 Å². The van der Waals surface area contributed by atoms with Crippen molar-refractivity contribution in [3.63, 3.8) is 0 Å². The van der Waals surface area contributed by atoms with Crippen molar-refractivity contribution in [2.24, 2.45) is 11.3 Å². The Balaban J connectivity index is 2.00. The smallest absolute Gasteiger partial charge is 0.241 e. The summed E-state index contributed by atoms with van der Waals surface area (Å²) in [5.41, 5.74) is 0.340. The molecule has 1 saturated carbocycles. The molecule has 1 aliphatic carbocycles. The Labute approximate surface area is 116 Å². The van der Waals surface area contributed by atoms with Crippen molar-refractivity contribution < 1.29 is 9.53 Å². The third-order valence-electron chi connectivity index (χ3n) is 4.65. The highest BCUT2D eigenvalue weighted by molar-refractivity contribution is 5.84. The molecule has 2 rings (SSSR count). The molecule has 110 valence electrons. The normalized spacial score (nSPS) is 29.3. The van der Waals surface area contributed by atoms with Gasteiger partial charge in [0.1, 0.15) is 0 Å². The van der Waals surface area contributed by atoms with Crippen LogP contribution < -0.4 is 5.32 Å². The molecule has 2 atom stereocenters. The highest BCUT2D eigenvalue weighted by atomic mass is 16.5. The number of carbonyl (C=O) groups excluding carboxylic acids is 1. The van der Waals surface area contributed by atoms with Crippen molar-refractivity contribution in [1.29, 1.82) is 0 Å². The van der Waals surface area contributed by atoms with Gasteiger partial charge >= 0.3 is 0 Å². The number of methoxy groups -OCH3 is 1. The summed E-state index contributed by atoms with van der Waals surface area (Å²) in [4.78, 5) is 14.6. The number of nitrogens with one attached hydrogen (secondary N) is 1. The Bertz CT molecular complexity index is 326. The molecule has 19 heavy (non-hydrogen) atoms. The lowest BCUT2D eigenvalue weighted by Gasteiger charge is -2.28. The van der Waals surface area contributed by atoms with Crippen molar-refractivity contribution in [1.82, 2.24) is 10.2 Å². The van der Waals surface area contributed by atoms with Gasteiger partial charge in [-0.15, -0.1) is 0 Å². The molecule has 1 heterocycles. The Kier molecular flexibility index (Phi) is 4.51. The van der Waals surface area contributed by atoms with Crippen molar-refractivity contribution >= 4 is 5.91 Å². The van der Waals surface area contributed by atoms with Gasteiger partial charge in [-0.2, -0.15) is 0 Å². The van der Waals surface area contributed by atoms with Gasteiger partial charge in [-0.3, -0.25) is 10.1 Å². The number of nitrogens with zero attached hydrogens (tertiary/aromatic N) is 1. The second-order valence-electron chi connectivity index (χ2n) is 6.52. The average molecular weight is 268 g/mol. The van der Waals surface area contributed by atoms with E-state index in [1.807, 2.05) is 0 Å². The summed E-state index contributed by atoms with van der Waals surface area (Å²) in [5, 5.41) is 3.49. The first kappa shape index (κ1) is 14.8. The molecule has 0 aromatic carbocycles. The molecule has 4 nitrogen and oxygen atoms in total. The predicted octanol–water partition coefficient (Wildman–Crippen LogP) is 2.00. The van der Waals surface area contributed by atoms with Crippen LogP contribution in [0.2, 0.25) is 0 Å². The van der Waals surface area contributed by atoms with E-state index in [2.05, 4.69) is 31.0 Å². The average Bonchev–Trinajstić information content (AvgIpc) is 3.07. The van der Waals surface area contributed by atoms with Crippen LogP contribution in [0.25, 0.3) is 0 Å². The molecule has 0 spiro atoms. The molecule has 2 unspecified atom stereocenters. The largest absolute Gasteiger partial charge is 0.385 e. The third-order valence-corrected chi connectivity index (χ3v) is 4.65. The van der Waals surface area contributed by atoms with Gasteiger partial charge < -0.3 is 9.64 Å². The topological polar surface area (TPSA) is 41.6 Å². The van der Waals surface area contributed by atoms with Gasteiger partial charge in [0.2, 0.25) is 5.91 Å². The Morgan fingerprint density at radius 2 is 2.16 bits per heavy atom. The van der Waals surface area contributed by atoms with Crippen LogP contribution in [0, 0.1) is 11.3 Å². The van der Waals surface area contributed by atoms with E-state index in [0.29, 0.717) is 17.2 Å². The Morgan fingerprint density at radius 3 is 2.63 bits per heavy atom. The zero-order chi connectivity index (χ0) is 14.0. The van der Waals surface area contributed by atoms with Gasteiger partial charge in [0.05, 0.1) is 12.2 Å². The molecule has 0 radical (unpaired) electrons. The molecule has 1 saturated heterocycles. The molecule has 2 aliphatic rings. The Hall–Kier alpha value is -0.610. The molecular formula is C15H28N2O2. The highest BCUT2D eigenvalue weighted by Gasteiger charge is 2.48. The minimum atomic E-state index is 0.00294. The first-order valence-corrected chi connectivity index (χ1v) is 7.58. The quantitative estimate of drug-likeness (QED) is 0.768. The zero-order valence-corrected chi connectivity index (χ0v) is 12.7. The summed E-state index contributed by atoms with van der Waals surface area (Å²) in [6, 6.07) is 0.00294. The second-order valence-corrected chi connectivity index (χ2v) is 6.52. The van der Waals surface area contributed by atoms with Crippen molar-refractivity contribution in [3.05, 3.63) is 0 Å². The van der Waals surface area contributed by atoms with Gasteiger partial charge in [0.15, 0.2) is 0 Å². The van der Waals surface area contributed by atoms with Crippen LogP contribution >= 0.6 is 0 Å². The lowest BCUT2D eigenvalue weighted by atomic mass is 10.0. The van der Waals surface area contributed by atoms with E-state index in [0.717, 1.165) is 26.0 Å². The van der Waals surface area contributed by atoms with Crippen LogP contribution in [0.5, 0.6) is 0 Å². The van der Waals surface area contributed by atoms with E-state index >= 15 is 0 Å². The molecule has 2 fully saturated rings. The number of amides is 1. The lowest BCUT2D eigenvalue weighted by molar-refractivity contribution is -0.131. The number of hydrogen-bond donors (Lipinski definition) is 1. The molecule has 1 N–H and O–H groups in total. The van der Waals surface area contributed by atoms with Gasteiger partial charge in [0.25, 0.3) is 0 Å². The number of rotatable bonds is 7. The zero-order valence-electron chi connectivity index (χ0n) is 12.7. The van der Waals surface area contributed by atoms with Crippen LogP contribution in [0.1, 0.15) is 46.5 Å². The molecule has 1 amide bonds. The van der Waals surface area contributed by atoms with Crippen LogP contribution in [-0.4, -0.2) is 43.3 Å². The van der Waals surface area contributed by atoms with Crippen molar-refractivity contribution in [2.45, 2.75) is 58.7 Å². The standard InChI is InChI=1S/C15H28N2O2/c1-5-12-16-13(11(2)3)14(18)17(12)10-15(6-7-15)8-9-19-4/h11-13,16H,5-10H2,1-4H3. The summed E-state index contributed by atoms with van der Waals surface area (Å²) in [6.07, 6.45) is 4.76. The molecular weight excluding hydrogens is 240 g/mol. The molecule has 1 aliphatic heterocycles. The minimum absolute atomic E-state index is 0.00294. The fourth-order valence-electron chi connectivity index (χ4n) is 3.05. The van der Waals surface area contributed by atoms with Crippen LogP contribution in [0.4, 0.5) is 0 Å². The summed E-state index contributed by atoms with van der Waals surface area (Å²) < 4.78 is 5.20. The van der Waals surface area contributed by atoms with Crippen LogP contribution in [0.15, 0.2) is 0 Å². The fourth-order valence-corrected chi connectivity index (χ4v) is 3.05. The molecule has 0 bridgehead atoms. The highest BCUT2D eigenvalue weighted by Crippen LogP contribution is 2.50. The van der Waals surface area contributed by atoms with Gasteiger partial charge in [-0.05, 0) is 37.0 Å². The first-order chi connectivity index (χ1) is 9.03. The number of carbonyl (C=O) groups is 1. The fraction of sp³-hybridized carbons (Fsp3) is 0.933. The maximum absolute atomic E-state index is 12.5. The van der Waals surface area contributed by atoms with E-state index in [4.69, 9.17) is 4.74 Å². The summed E-state index contributed by atoms with van der Waals surface area (Å²) in [7, 11) is 1.75. The SMILES string of the molecule is CCC1NC(C(C)C)C(=O)N1CC1(CCOC)CC1. The van der Waals surface area contributed by atoms with E-state index in [1.54, 1.807) is 7.11 Å². The summed E-state index contributed by atoms with van der Waals surface area (Å²) in [5.74, 6) is 0.659. The second kappa shape index (κ2) is 5.80. The number of hydrogen-bond acceptors (Lipinski definition) is 3. The van der Waals surface area contributed by atoms with Gasteiger partial charge in [-0.25, -0.2) is 0 Å². The minimum Gasteiger partial charge on any atom is -0.385 e. The monoisotopic (exact) mass is 268 g/mol. The Morgan fingerprint density at radius 1 is 1.47 bits per heavy atom. The summed E-state index contributed by atoms with van der Waals surface area (Å²) in [6.45, 7) is 8.09. The van der Waals surface area contributed by atoms with Crippen molar-refractivity contribution in [2.75, 3.05) is 20.3 Å². The lowest BCUT2D eigenvalue weighted by Crippen LogP contribution is -2.40. The van der Waals surface area contributed by atoms with Crippen LogP contribution in [0.3, 0.4) is 0 Å². The van der Waals surface area contributed by atoms with E-state index < -0.39 is 0 Å². The first-order valence-electron chi connectivity index (χ1n) is 7.58. The molecule has 0 aromatic heterocycles. The van der Waals surface area contributed by atoms with E-state index in [-0.39, 0.29) is 12.2 Å². The molecule has 0 aromatic rings. The summed E-state index contributed by atoms with van der Waals surface area (Å²) >= 11 is 0. The predicted molar refractivity (Wildman–Crippen MR) is 75.7 cm³/mol. The van der Waals surface area contributed by atoms with E-state index in [9.17, 15) is 4.79 Å². The van der Waals surface area contributed by atoms with Crippen LogP contribution in [-0.2, 0) is 9.53 Å². The maximum atomic E-state index is 12.5. The molecule has 4 heteroatoms. The van der Waals surface area contributed by atoms with Gasteiger partial charge in [-0.1, -0.05) is 20.8 Å². The van der Waals surface area contributed by atoms with E-state index in [1.165, 1.54) is 12.8 Å².